The Labute approximate surface area is 157 Å². The largest absolute Gasteiger partial charge is 0.484 e. The summed E-state index contributed by atoms with van der Waals surface area (Å²) in [7, 11) is 0. The van der Waals surface area contributed by atoms with Gasteiger partial charge in [-0.3, -0.25) is 10.1 Å². The smallest absolute Gasteiger partial charge is 0.360 e. The third-order valence-electron chi connectivity index (χ3n) is 3.78. The molecule has 2 aromatic carbocycles. The maximum atomic E-state index is 11.8. The Bertz CT molecular complexity index is 1060. The number of nitro groups is 1. The van der Waals surface area contributed by atoms with Crippen molar-refractivity contribution in [1.29, 1.82) is 0 Å². The van der Waals surface area contributed by atoms with Gasteiger partial charge in [0, 0.05) is 6.07 Å². The Morgan fingerprint density at radius 3 is 2.29 bits per heavy atom. The predicted octanol–water partition coefficient (Wildman–Crippen LogP) is 2.76. The second-order valence-corrected chi connectivity index (χ2v) is 5.57. The van der Waals surface area contributed by atoms with E-state index in [-0.39, 0.29) is 12.3 Å². The van der Waals surface area contributed by atoms with Crippen LogP contribution in [0.15, 0.2) is 54.6 Å². The Hall–Kier alpha value is -4.21. The van der Waals surface area contributed by atoms with Gasteiger partial charge >= 0.3 is 11.9 Å². The van der Waals surface area contributed by atoms with Crippen LogP contribution in [-0.2, 0) is 6.61 Å². The molecular formula is C18H13N3O7. The molecule has 3 rings (SSSR count). The SMILES string of the molecule is O=C(O)c1nn(-c2ccccc2[N+](=O)[O-])c(C(=O)O)c1OCc1ccccc1. The summed E-state index contributed by atoms with van der Waals surface area (Å²) in [4.78, 5) is 34.0. The lowest BCUT2D eigenvalue weighted by Crippen LogP contribution is -2.11. The van der Waals surface area contributed by atoms with Crippen LogP contribution in [0.25, 0.3) is 5.69 Å². The van der Waals surface area contributed by atoms with Crippen molar-refractivity contribution in [3.8, 4) is 11.4 Å². The molecule has 0 spiro atoms. The lowest BCUT2D eigenvalue weighted by atomic mass is 10.2. The molecule has 0 fully saturated rings. The molecule has 0 bridgehead atoms. The van der Waals surface area contributed by atoms with Gasteiger partial charge in [0.15, 0.2) is 11.4 Å². The Balaban J connectivity index is 2.16. The second-order valence-electron chi connectivity index (χ2n) is 5.57. The summed E-state index contributed by atoms with van der Waals surface area (Å²) in [5, 5.41) is 34.1. The third-order valence-corrected chi connectivity index (χ3v) is 3.78. The van der Waals surface area contributed by atoms with E-state index in [1.54, 1.807) is 30.3 Å². The number of aromatic nitrogens is 2. The highest BCUT2D eigenvalue weighted by Crippen LogP contribution is 2.31. The van der Waals surface area contributed by atoms with E-state index < -0.39 is 39.7 Å². The summed E-state index contributed by atoms with van der Waals surface area (Å²) >= 11 is 0. The van der Waals surface area contributed by atoms with E-state index in [0.717, 1.165) is 6.07 Å². The summed E-state index contributed by atoms with van der Waals surface area (Å²) < 4.78 is 6.16. The monoisotopic (exact) mass is 383 g/mol. The van der Waals surface area contributed by atoms with Crippen LogP contribution in [0.3, 0.4) is 0 Å². The molecule has 0 aliphatic rings. The first-order valence-corrected chi connectivity index (χ1v) is 7.90. The van der Waals surface area contributed by atoms with Gasteiger partial charge in [-0.1, -0.05) is 42.5 Å². The number of hydrogen-bond donors (Lipinski definition) is 2. The number of aromatic carboxylic acids is 2. The van der Waals surface area contributed by atoms with Crippen molar-refractivity contribution in [3.63, 3.8) is 0 Å². The van der Waals surface area contributed by atoms with E-state index in [1.807, 2.05) is 0 Å². The first-order valence-electron chi connectivity index (χ1n) is 7.90. The molecule has 0 saturated heterocycles. The van der Waals surface area contributed by atoms with Gasteiger partial charge in [-0.25, -0.2) is 14.3 Å². The lowest BCUT2D eigenvalue weighted by molar-refractivity contribution is -0.384. The standard InChI is InChI=1S/C18H13N3O7/c22-17(23)14-16(28-10-11-6-2-1-3-7-11)15(18(24)25)20(19-14)12-8-4-5-9-13(12)21(26)27/h1-9H,10H2,(H,22,23)(H,24,25). The van der Waals surface area contributed by atoms with E-state index in [2.05, 4.69) is 5.10 Å². The fraction of sp³-hybridized carbons (Fsp3) is 0.0556. The number of nitro benzene ring substituents is 1. The van der Waals surface area contributed by atoms with Crippen LogP contribution in [0.4, 0.5) is 5.69 Å². The van der Waals surface area contributed by atoms with Gasteiger partial charge in [0.2, 0.25) is 5.69 Å². The third kappa shape index (κ3) is 3.51. The molecule has 0 amide bonds. The van der Waals surface area contributed by atoms with Crippen molar-refractivity contribution in [2.24, 2.45) is 0 Å². The second kappa shape index (κ2) is 7.58. The molecule has 10 nitrogen and oxygen atoms in total. The zero-order valence-electron chi connectivity index (χ0n) is 14.2. The minimum atomic E-state index is -1.54. The number of para-hydroxylation sites is 2. The molecule has 1 aromatic heterocycles. The van der Waals surface area contributed by atoms with Crippen molar-refractivity contribution < 1.29 is 29.5 Å². The van der Waals surface area contributed by atoms with Crippen LogP contribution in [0.5, 0.6) is 5.75 Å². The van der Waals surface area contributed by atoms with E-state index in [9.17, 15) is 29.9 Å². The molecule has 0 aliphatic carbocycles. The summed E-state index contributed by atoms with van der Waals surface area (Å²) in [6.45, 7) is -0.107. The zero-order chi connectivity index (χ0) is 20.3. The number of carbonyl (C=O) groups is 2. The molecule has 10 heteroatoms. The normalized spacial score (nSPS) is 10.4. The van der Waals surface area contributed by atoms with Crippen LogP contribution in [-0.4, -0.2) is 36.9 Å². The van der Waals surface area contributed by atoms with Gasteiger partial charge in [0.1, 0.15) is 12.3 Å². The number of rotatable bonds is 7. The fourth-order valence-corrected chi connectivity index (χ4v) is 2.57. The van der Waals surface area contributed by atoms with Crippen LogP contribution in [0.2, 0.25) is 0 Å². The molecule has 0 unspecified atom stereocenters. The van der Waals surface area contributed by atoms with Crippen molar-refractivity contribution in [3.05, 3.63) is 81.7 Å². The van der Waals surface area contributed by atoms with Gasteiger partial charge < -0.3 is 14.9 Å². The molecule has 0 saturated carbocycles. The average molecular weight is 383 g/mol. The molecule has 1 heterocycles. The first-order chi connectivity index (χ1) is 13.4. The molecule has 28 heavy (non-hydrogen) atoms. The van der Waals surface area contributed by atoms with Crippen LogP contribution < -0.4 is 4.74 Å². The Kier molecular flexibility index (Phi) is 5.03. The number of ether oxygens (including phenoxy) is 1. The molecule has 0 aliphatic heterocycles. The Morgan fingerprint density at radius 2 is 1.68 bits per heavy atom. The van der Waals surface area contributed by atoms with Crippen molar-refractivity contribution in [2.45, 2.75) is 6.61 Å². The predicted molar refractivity (Wildman–Crippen MR) is 94.9 cm³/mol. The van der Waals surface area contributed by atoms with Gasteiger partial charge in [0.05, 0.1) is 4.92 Å². The highest BCUT2D eigenvalue weighted by atomic mass is 16.6. The lowest BCUT2D eigenvalue weighted by Gasteiger charge is -2.08. The van der Waals surface area contributed by atoms with E-state index in [4.69, 9.17) is 4.74 Å². The molecule has 0 atom stereocenters. The zero-order valence-corrected chi connectivity index (χ0v) is 14.2. The van der Waals surface area contributed by atoms with Gasteiger partial charge in [0.25, 0.3) is 5.69 Å². The molecular weight excluding hydrogens is 370 g/mol. The van der Waals surface area contributed by atoms with Gasteiger partial charge in [-0.15, -0.1) is 0 Å². The van der Waals surface area contributed by atoms with Gasteiger partial charge in [-0.05, 0) is 11.6 Å². The number of benzene rings is 2. The minimum Gasteiger partial charge on any atom is -0.484 e. The number of hydrogen-bond acceptors (Lipinski definition) is 6. The Morgan fingerprint density at radius 1 is 1.04 bits per heavy atom. The minimum absolute atomic E-state index is 0.107. The number of carboxylic acid groups (broad SMARTS) is 2. The fourth-order valence-electron chi connectivity index (χ4n) is 2.57. The highest BCUT2D eigenvalue weighted by molar-refractivity contribution is 5.97. The van der Waals surface area contributed by atoms with Crippen molar-refractivity contribution >= 4 is 17.6 Å². The molecule has 0 radical (unpaired) electrons. The first kappa shape index (κ1) is 18.6. The maximum Gasteiger partial charge on any atom is 0.360 e. The highest BCUT2D eigenvalue weighted by Gasteiger charge is 2.31. The average Bonchev–Trinajstić information content (AvgIpc) is 3.07. The van der Waals surface area contributed by atoms with Crippen LogP contribution in [0, 0.1) is 10.1 Å². The summed E-state index contributed by atoms with van der Waals surface area (Å²) in [5.41, 5.74) is -1.23. The van der Waals surface area contributed by atoms with Crippen molar-refractivity contribution in [2.75, 3.05) is 0 Å². The summed E-state index contributed by atoms with van der Waals surface area (Å²) in [6.07, 6.45) is 0. The number of carboxylic acids is 2. The van der Waals surface area contributed by atoms with Crippen molar-refractivity contribution in [1.82, 2.24) is 9.78 Å². The molecule has 142 valence electrons. The van der Waals surface area contributed by atoms with Crippen LogP contribution >= 0.6 is 0 Å². The van der Waals surface area contributed by atoms with E-state index in [1.165, 1.54) is 18.2 Å². The topological polar surface area (TPSA) is 145 Å². The summed E-state index contributed by atoms with van der Waals surface area (Å²) in [5.74, 6) is -3.55. The quantitative estimate of drug-likeness (QED) is 0.468. The van der Waals surface area contributed by atoms with Crippen LogP contribution in [0.1, 0.15) is 26.5 Å². The van der Waals surface area contributed by atoms with E-state index >= 15 is 0 Å². The maximum absolute atomic E-state index is 11.8. The van der Waals surface area contributed by atoms with E-state index in [0.29, 0.717) is 10.2 Å². The number of nitrogens with zero attached hydrogens (tertiary/aromatic N) is 3. The van der Waals surface area contributed by atoms with Gasteiger partial charge in [-0.2, -0.15) is 5.10 Å². The molecule has 2 N–H and O–H groups in total. The molecule has 3 aromatic rings. The summed E-state index contributed by atoms with van der Waals surface area (Å²) in [6, 6.07) is 14.0.